The summed E-state index contributed by atoms with van der Waals surface area (Å²) < 4.78 is 2.46. The lowest BCUT2D eigenvalue weighted by molar-refractivity contribution is -0.384. The van der Waals surface area contributed by atoms with Crippen LogP contribution in [0.4, 0.5) is 5.69 Å². The fourth-order valence-electron chi connectivity index (χ4n) is 7.38. The fourth-order valence-corrected chi connectivity index (χ4v) is 7.38. The summed E-state index contributed by atoms with van der Waals surface area (Å²) in [6, 6.07) is 31.6. The third-order valence-corrected chi connectivity index (χ3v) is 9.81. The van der Waals surface area contributed by atoms with Crippen molar-refractivity contribution in [2.45, 2.75) is 51.0 Å². The van der Waals surface area contributed by atoms with E-state index < -0.39 is 4.92 Å². The maximum absolute atomic E-state index is 13.4. The molecule has 2 aromatic heterocycles. The zero-order valence-corrected chi connectivity index (χ0v) is 26.1. The Morgan fingerprint density at radius 2 is 1.49 bits per heavy atom. The molecule has 47 heavy (non-hydrogen) atoms. The van der Waals surface area contributed by atoms with Gasteiger partial charge in [-0.25, -0.2) is 9.97 Å². The molecule has 8 nitrogen and oxygen atoms in total. The first-order valence-electron chi connectivity index (χ1n) is 16.6. The minimum atomic E-state index is -0.397. The van der Waals surface area contributed by atoms with Crippen molar-refractivity contribution in [2.24, 2.45) is 0 Å². The van der Waals surface area contributed by atoms with Crippen molar-refractivity contribution >= 4 is 33.5 Å². The summed E-state index contributed by atoms with van der Waals surface area (Å²) >= 11 is 0. The number of para-hydroxylation sites is 2. The number of carbonyl (C=O) groups is 1. The van der Waals surface area contributed by atoms with Gasteiger partial charge in [-0.1, -0.05) is 43.5 Å². The van der Waals surface area contributed by atoms with Crippen LogP contribution in [0.1, 0.15) is 61.3 Å². The molecule has 2 aliphatic rings. The lowest BCUT2D eigenvalue weighted by Gasteiger charge is -2.25. The SMILES string of the molecule is O=C(c1ccc(-c2ccc([N+](=O)[O-])cc2)c(-c2ccc3cc(-c4nc5ccccc5n4C4CCCCC4)ccc3n2)c1)N1CCCC1. The minimum Gasteiger partial charge on any atom is -0.339 e. The Balaban J connectivity index is 1.21. The summed E-state index contributed by atoms with van der Waals surface area (Å²) in [7, 11) is 0. The molecule has 1 amide bonds. The van der Waals surface area contributed by atoms with Gasteiger partial charge in [0.05, 0.1) is 27.2 Å². The highest BCUT2D eigenvalue weighted by Crippen LogP contribution is 2.38. The van der Waals surface area contributed by atoms with Crippen LogP contribution in [0.15, 0.2) is 97.1 Å². The predicted octanol–water partition coefficient (Wildman–Crippen LogP) is 9.23. The third-order valence-electron chi connectivity index (χ3n) is 9.81. The number of rotatable bonds is 6. The van der Waals surface area contributed by atoms with Gasteiger partial charge in [-0.2, -0.15) is 0 Å². The van der Waals surface area contributed by atoms with Crippen molar-refractivity contribution in [3.05, 3.63) is 113 Å². The average molecular weight is 622 g/mol. The zero-order valence-electron chi connectivity index (χ0n) is 26.1. The number of hydrogen-bond acceptors (Lipinski definition) is 5. The molecule has 0 unspecified atom stereocenters. The van der Waals surface area contributed by atoms with Crippen LogP contribution in [-0.2, 0) is 0 Å². The van der Waals surface area contributed by atoms with Gasteiger partial charge in [-0.15, -0.1) is 0 Å². The molecule has 234 valence electrons. The Hall–Kier alpha value is -5.37. The van der Waals surface area contributed by atoms with E-state index in [1.807, 2.05) is 29.2 Å². The number of benzene rings is 4. The van der Waals surface area contributed by atoms with Crippen molar-refractivity contribution in [3.8, 4) is 33.8 Å². The van der Waals surface area contributed by atoms with Crippen LogP contribution < -0.4 is 0 Å². The van der Waals surface area contributed by atoms with Crippen LogP contribution in [0.25, 0.3) is 55.7 Å². The monoisotopic (exact) mass is 621 g/mol. The van der Waals surface area contributed by atoms with Gasteiger partial charge in [0.25, 0.3) is 11.6 Å². The molecule has 0 N–H and O–H groups in total. The van der Waals surface area contributed by atoms with Gasteiger partial charge in [0, 0.05) is 53.3 Å². The number of imidazole rings is 1. The summed E-state index contributed by atoms with van der Waals surface area (Å²) in [5.41, 5.74) is 8.01. The average Bonchev–Trinajstić information content (AvgIpc) is 3.80. The van der Waals surface area contributed by atoms with Crippen LogP contribution in [-0.4, -0.2) is 43.4 Å². The molecule has 0 bridgehead atoms. The van der Waals surface area contributed by atoms with Crippen LogP contribution in [0.3, 0.4) is 0 Å². The number of nitro benzene ring substituents is 1. The first kappa shape index (κ1) is 29.1. The van der Waals surface area contributed by atoms with Crippen molar-refractivity contribution < 1.29 is 9.72 Å². The van der Waals surface area contributed by atoms with Crippen molar-refractivity contribution in [2.75, 3.05) is 13.1 Å². The molecule has 1 saturated heterocycles. The van der Waals surface area contributed by atoms with Crippen molar-refractivity contribution in [1.82, 2.24) is 19.4 Å². The Labute approximate surface area is 272 Å². The number of amides is 1. The number of nitrogens with zero attached hydrogens (tertiary/aromatic N) is 5. The van der Waals surface area contributed by atoms with E-state index in [1.165, 1.54) is 49.8 Å². The Bertz CT molecular complexity index is 2140. The Morgan fingerprint density at radius 3 is 2.28 bits per heavy atom. The number of likely N-dealkylation sites (tertiary alicyclic amines) is 1. The highest BCUT2D eigenvalue weighted by molar-refractivity contribution is 5.98. The summed E-state index contributed by atoms with van der Waals surface area (Å²) in [4.78, 5) is 36.5. The lowest BCUT2D eigenvalue weighted by Crippen LogP contribution is -2.27. The van der Waals surface area contributed by atoms with Crippen molar-refractivity contribution in [1.29, 1.82) is 0 Å². The summed E-state index contributed by atoms with van der Waals surface area (Å²) in [5, 5.41) is 12.3. The molecule has 0 atom stereocenters. The third kappa shape index (κ3) is 5.43. The number of non-ortho nitro benzene ring substituents is 1. The van der Waals surface area contributed by atoms with E-state index >= 15 is 0 Å². The van der Waals surface area contributed by atoms with E-state index in [9.17, 15) is 14.9 Å². The highest BCUT2D eigenvalue weighted by Gasteiger charge is 2.24. The van der Waals surface area contributed by atoms with E-state index in [0.29, 0.717) is 11.6 Å². The van der Waals surface area contributed by atoms with Gasteiger partial charge in [-0.05, 0) is 97.5 Å². The van der Waals surface area contributed by atoms with Gasteiger partial charge in [0.1, 0.15) is 5.82 Å². The molecule has 0 spiro atoms. The number of pyridine rings is 1. The van der Waals surface area contributed by atoms with Gasteiger partial charge >= 0.3 is 0 Å². The highest BCUT2D eigenvalue weighted by atomic mass is 16.6. The number of aromatic nitrogens is 3. The zero-order chi connectivity index (χ0) is 31.9. The van der Waals surface area contributed by atoms with E-state index in [-0.39, 0.29) is 11.6 Å². The Morgan fingerprint density at radius 1 is 0.723 bits per heavy atom. The summed E-state index contributed by atoms with van der Waals surface area (Å²) in [5.74, 6) is 1.02. The number of fused-ring (bicyclic) bond motifs is 2. The molecule has 6 aromatic rings. The molecule has 1 aliphatic heterocycles. The van der Waals surface area contributed by atoms with Gasteiger partial charge in [0.2, 0.25) is 0 Å². The van der Waals surface area contributed by atoms with Crippen molar-refractivity contribution in [3.63, 3.8) is 0 Å². The standard InChI is InChI=1S/C39H35N5O3/c45-39(42-22-6-7-23-42)29-14-19-32(26-12-17-31(18-13-26)44(46)47)33(25-29)35-21-15-27-24-28(16-20-34(27)40-35)38-41-36-10-4-5-11-37(36)43(38)30-8-2-1-3-9-30/h4-5,10-21,24-25,30H,1-3,6-9,22-23H2. The first-order chi connectivity index (χ1) is 23.0. The molecular weight excluding hydrogens is 586 g/mol. The maximum atomic E-state index is 13.4. The smallest absolute Gasteiger partial charge is 0.269 e. The molecule has 8 rings (SSSR count). The van der Waals surface area contributed by atoms with E-state index in [2.05, 4.69) is 53.1 Å². The lowest BCUT2D eigenvalue weighted by atomic mass is 9.94. The quantitative estimate of drug-likeness (QED) is 0.136. The molecule has 2 fully saturated rings. The molecule has 1 aliphatic carbocycles. The Kier molecular flexibility index (Phi) is 7.48. The summed E-state index contributed by atoms with van der Waals surface area (Å²) in [6.07, 6.45) is 8.16. The van der Waals surface area contributed by atoms with Gasteiger partial charge in [-0.3, -0.25) is 14.9 Å². The minimum absolute atomic E-state index is 0.0188. The van der Waals surface area contributed by atoms with Crippen LogP contribution in [0.2, 0.25) is 0 Å². The number of hydrogen-bond donors (Lipinski definition) is 0. The van der Waals surface area contributed by atoms with E-state index in [4.69, 9.17) is 9.97 Å². The second kappa shape index (κ2) is 12.1. The van der Waals surface area contributed by atoms with Crippen LogP contribution in [0, 0.1) is 10.1 Å². The maximum Gasteiger partial charge on any atom is 0.269 e. The number of nitro groups is 1. The normalized spacial score (nSPS) is 15.4. The van der Waals surface area contributed by atoms with Gasteiger partial charge < -0.3 is 9.47 Å². The molecule has 0 radical (unpaired) electrons. The van der Waals surface area contributed by atoms with E-state index in [0.717, 1.165) is 76.1 Å². The topological polar surface area (TPSA) is 94.2 Å². The van der Waals surface area contributed by atoms with Crippen LogP contribution >= 0.6 is 0 Å². The second-order valence-corrected chi connectivity index (χ2v) is 12.8. The van der Waals surface area contributed by atoms with Gasteiger partial charge in [0.15, 0.2) is 0 Å². The molecule has 8 heteroatoms. The molecule has 1 saturated carbocycles. The molecular formula is C39H35N5O3. The second-order valence-electron chi connectivity index (χ2n) is 12.8. The number of carbonyl (C=O) groups excluding carboxylic acids is 1. The van der Waals surface area contributed by atoms with E-state index in [1.54, 1.807) is 12.1 Å². The largest absolute Gasteiger partial charge is 0.339 e. The molecule has 4 aromatic carbocycles. The first-order valence-corrected chi connectivity index (χ1v) is 16.6. The fraction of sp³-hybridized carbons (Fsp3) is 0.256. The predicted molar refractivity (Wildman–Crippen MR) is 185 cm³/mol. The summed E-state index contributed by atoms with van der Waals surface area (Å²) in [6.45, 7) is 1.53. The molecule has 3 heterocycles. The van der Waals surface area contributed by atoms with Crippen LogP contribution in [0.5, 0.6) is 0 Å².